The molecule has 0 heterocycles. The molecule has 0 atom stereocenters. The zero-order valence-corrected chi connectivity index (χ0v) is 30.3. The molecule has 15 nitrogen and oxygen atoms in total. The molecule has 0 spiro atoms. The third-order valence-electron chi connectivity index (χ3n) is 6.33. The van der Waals surface area contributed by atoms with E-state index in [1.54, 1.807) is 0 Å². The first-order valence-electron chi connectivity index (χ1n) is 18.0. The van der Waals surface area contributed by atoms with Crippen molar-refractivity contribution in [1.82, 2.24) is 0 Å². The maximum atomic E-state index is 10.3. The Bertz CT molecular complexity index is 618. The van der Waals surface area contributed by atoms with Crippen molar-refractivity contribution in [1.29, 1.82) is 0 Å². The molecule has 0 radical (unpaired) electrons. The smallest absolute Gasteiger partial charge is 0.329 e. The van der Waals surface area contributed by atoms with Gasteiger partial charge in [0.05, 0.1) is 159 Å². The van der Waals surface area contributed by atoms with Crippen LogP contribution in [0.25, 0.3) is 0 Å². The van der Waals surface area contributed by atoms with Crippen molar-refractivity contribution >= 4 is 5.97 Å². The highest BCUT2D eigenvalue weighted by atomic mass is 16.6. The summed E-state index contributed by atoms with van der Waals surface area (Å²) in [6, 6.07) is 0. The van der Waals surface area contributed by atoms with Crippen LogP contribution in [0.1, 0.15) is 45.4 Å². The van der Waals surface area contributed by atoms with Gasteiger partial charge in [0.1, 0.15) is 6.61 Å². The lowest BCUT2D eigenvalue weighted by Gasteiger charge is -2.09. The van der Waals surface area contributed by atoms with Gasteiger partial charge in [0.15, 0.2) is 0 Å². The lowest BCUT2D eigenvalue weighted by atomic mass is 10.1. The summed E-state index contributed by atoms with van der Waals surface area (Å²) >= 11 is 0. The zero-order chi connectivity index (χ0) is 35.4. The summed E-state index contributed by atoms with van der Waals surface area (Å²) in [6.07, 6.45) is 7.65. The van der Waals surface area contributed by atoms with Crippen molar-refractivity contribution in [3.8, 4) is 0 Å². The van der Waals surface area contributed by atoms with Crippen LogP contribution in [0.3, 0.4) is 0 Å². The first kappa shape index (κ1) is 48.0. The second-order valence-electron chi connectivity index (χ2n) is 10.6. The van der Waals surface area contributed by atoms with Crippen LogP contribution in [0, 0.1) is 0 Å². The van der Waals surface area contributed by atoms with E-state index in [2.05, 4.69) is 6.92 Å². The van der Waals surface area contributed by atoms with E-state index >= 15 is 0 Å². The van der Waals surface area contributed by atoms with E-state index in [1.165, 1.54) is 32.1 Å². The fourth-order valence-corrected chi connectivity index (χ4v) is 3.78. The molecule has 0 aliphatic heterocycles. The Balaban J connectivity index is 3.05. The number of carboxylic acid groups (broad SMARTS) is 1. The molecular formula is C34H68O15. The van der Waals surface area contributed by atoms with Crippen LogP contribution < -0.4 is 0 Å². The molecule has 1 N–H and O–H groups in total. The van der Waals surface area contributed by atoms with E-state index in [1.807, 2.05) is 0 Å². The maximum absolute atomic E-state index is 10.3. The van der Waals surface area contributed by atoms with E-state index < -0.39 is 5.97 Å². The molecule has 0 saturated carbocycles. The van der Waals surface area contributed by atoms with Crippen molar-refractivity contribution in [2.24, 2.45) is 0 Å². The summed E-state index contributed by atoms with van der Waals surface area (Å²) in [5.41, 5.74) is 0. The molecule has 0 aromatic heterocycles. The lowest BCUT2D eigenvalue weighted by molar-refractivity contribution is -0.142. The predicted molar refractivity (Wildman–Crippen MR) is 182 cm³/mol. The Kier molecular flexibility index (Phi) is 44.0. The molecule has 0 rings (SSSR count). The number of rotatable bonds is 45. The number of carbonyl (C=O) groups is 1. The van der Waals surface area contributed by atoms with Crippen molar-refractivity contribution in [2.45, 2.75) is 45.4 Å². The molecule has 0 saturated heterocycles. The van der Waals surface area contributed by atoms with Crippen LogP contribution >= 0.6 is 0 Å². The van der Waals surface area contributed by atoms with Crippen molar-refractivity contribution < 1.29 is 71.5 Å². The lowest BCUT2D eigenvalue weighted by Crippen LogP contribution is -2.15. The highest BCUT2D eigenvalue weighted by Crippen LogP contribution is 2.04. The highest BCUT2D eigenvalue weighted by Gasteiger charge is 1.98. The first-order valence-corrected chi connectivity index (χ1v) is 18.0. The van der Waals surface area contributed by atoms with Crippen LogP contribution in [-0.2, 0) is 66.4 Å². The number of carboxylic acids is 1. The van der Waals surface area contributed by atoms with E-state index in [0.717, 1.165) is 13.0 Å². The van der Waals surface area contributed by atoms with E-state index in [9.17, 15) is 4.79 Å². The average molecular weight is 717 g/mol. The van der Waals surface area contributed by atoms with Gasteiger partial charge in [-0.3, -0.25) is 0 Å². The van der Waals surface area contributed by atoms with Gasteiger partial charge in [0, 0.05) is 6.61 Å². The minimum Gasteiger partial charge on any atom is -0.480 e. The van der Waals surface area contributed by atoms with Crippen LogP contribution in [0.2, 0.25) is 0 Å². The van der Waals surface area contributed by atoms with Crippen LogP contribution in [-0.4, -0.2) is 183 Å². The first-order chi connectivity index (χ1) is 24.3. The van der Waals surface area contributed by atoms with Gasteiger partial charge in [-0.1, -0.05) is 39.0 Å². The van der Waals surface area contributed by atoms with Gasteiger partial charge in [-0.15, -0.1) is 0 Å². The minimum absolute atomic E-state index is 0.242. The van der Waals surface area contributed by atoms with E-state index in [4.69, 9.17) is 66.7 Å². The molecule has 0 aromatic rings. The maximum Gasteiger partial charge on any atom is 0.329 e. The quantitative estimate of drug-likeness (QED) is 0.0917. The molecule has 49 heavy (non-hydrogen) atoms. The molecule has 0 unspecified atom stereocenters. The third-order valence-corrected chi connectivity index (χ3v) is 6.33. The predicted octanol–water partition coefficient (Wildman–Crippen LogP) is 2.65. The summed E-state index contributed by atoms with van der Waals surface area (Å²) in [5, 5.41) is 8.43. The summed E-state index contributed by atoms with van der Waals surface area (Å²) in [5.74, 6) is -0.995. The summed E-state index contributed by atoms with van der Waals surface area (Å²) in [6.45, 7) is 14.5. The standard InChI is InChI=1S/C34H68O15/c1-2-3-4-5-6-7-8-37-9-10-38-11-12-39-13-14-40-15-16-41-17-18-42-19-20-43-21-22-44-23-24-45-25-26-46-27-28-47-29-30-48-31-32-49-33-34(35)36/h2-33H2,1H3,(H,35,36). The van der Waals surface area contributed by atoms with Gasteiger partial charge in [-0.05, 0) is 6.42 Å². The SMILES string of the molecule is CCCCCCCCOCCOCCOCCOCCOCCOCCOCCOCCOCCOCCOCCOCCOCC(=O)O. The Morgan fingerprint density at radius 1 is 0.306 bits per heavy atom. The molecule has 0 bridgehead atoms. The largest absolute Gasteiger partial charge is 0.480 e. The van der Waals surface area contributed by atoms with Gasteiger partial charge < -0.3 is 66.7 Å². The third kappa shape index (κ3) is 46.9. The molecule has 0 aliphatic carbocycles. The van der Waals surface area contributed by atoms with Gasteiger partial charge >= 0.3 is 5.97 Å². The molecule has 15 heteroatoms. The molecule has 0 aromatic carbocycles. The fraction of sp³-hybridized carbons (Fsp3) is 0.971. The molecule has 0 fully saturated rings. The van der Waals surface area contributed by atoms with Gasteiger partial charge in [0.25, 0.3) is 0 Å². The topological polar surface area (TPSA) is 157 Å². The molecule has 294 valence electrons. The highest BCUT2D eigenvalue weighted by molar-refractivity contribution is 5.67. The van der Waals surface area contributed by atoms with Crippen molar-refractivity contribution in [3.63, 3.8) is 0 Å². The monoisotopic (exact) mass is 716 g/mol. The van der Waals surface area contributed by atoms with E-state index in [0.29, 0.717) is 152 Å². The second-order valence-corrected chi connectivity index (χ2v) is 10.6. The zero-order valence-electron chi connectivity index (χ0n) is 30.3. The number of hydrogen-bond acceptors (Lipinski definition) is 14. The molecule has 0 amide bonds. The summed E-state index contributed by atoms with van der Waals surface area (Å²) < 4.78 is 70.3. The molecular weight excluding hydrogens is 648 g/mol. The second kappa shape index (κ2) is 45.0. The normalized spacial score (nSPS) is 11.5. The van der Waals surface area contributed by atoms with E-state index in [-0.39, 0.29) is 13.2 Å². The Labute approximate surface area is 294 Å². The number of hydrogen-bond donors (Lipinski definition) is 1. The van der Waals surface area contributed by atoms with Crippen LogP contribution in [0.5, 0.6) is 0 Å². The molecule has 0 aliphatic rings. The number of ether oxygens (including phenoxy) is 13. The van der Waals surface area contributed by atoms with Crippen molar-refractivity contribution in [3.05, 3.63) is 0 Å². The Hall–Kier alpha value is -1.05. The Morgan fingerprint density at radius 2 is 0.510 bits per heavy atom. The summed E-state index contributed by atoms with van der Waals surface area (Å²) in [7, 11) is 0. The van der Waals surface area contributed by atoms with Gasteiger partial charge in [-0.25, -0.2) is 4.79 Å². The number of unbranched alkanes of at least 4 members (excludes halogenated alkanes) is 5. The number of aliphatic carboxylic acids is 1. The summed E-state index contributed by atoms with van der Waals surface area (Å²) in [4.78, 5) is 10.3. The van der Waals surface area contributed by atoms with Gasteiger partial charge in [0.2, 0.25) is 0 Å². The fourth-order valence-electron chi connectivity index (χ4n) is 3.78. The van der Waals surface area contributed by atoms with Gasteiger partial charge in [-0.2, -0.15) is 0 Å². The average Bonchev–Trinajstić information content (AvgIpc) is 3.10. The minimum atomic E-state index is -0.995. The van der Waals surface area contributed by atoms with Crippen molar-refractivity contribution in [2.75, 3.05) is 172 Å². The van der Waals surface area contributed by atoms with Crippen LogP contribution in [0.15, 0.2) is 0 Å². The Morgan fingerprint density at radius 3 is 0.755 bits per heavy atom. The van der Waals surface area contributed by atoms with Crippen LogP contribution in [0.4, 0.5) is 0 Å².